The van der Waals surface area contributed by atoms with E-state index in [1.807, 2.05) is 0 Å². The van der Waals surface area contributed by atoms with Crippen LogP contribution in [0.15, 0.2) is 4.99 Å². The Hall–Kier alpha value is -0.570. The van der Waals surface area contributed by atoms with Crippen LogP contribution in [-0.2, 0) is 4.79 Å². The van der Waals surface area contributed by atoms with Crippen molar-refractivity contribution in [1.82, 2.24) is 20.9 Å². The highest BCUT2D eigenvalue weighted by Crippen LogP contribution is 2.26. The number of rotatable bonds is 7. The second-order valence-electron chi connectivity index (χ2n) is 8.45. The molecule has 0 aromatic rings. The highest BCUT2D eigenvalue weighted by molar-refractivity contribution is 14.0. The van der Waals surface area contributed by atoms with Crippen LogP contribution in [0.25, 0.3) is 0 Å². The second-order valence-corrected chi connectivity index (χ2v) is 8.45. The van der Waals surface area contributed by atoms with Crippen molar-refractivity contribution in [3.05, 3.63) is 0 Å². The zero-order valence-electron chi connectivity index (χ0n) is 17.5. The molecule has 2 aliphatic carbocycles. The lowest BCUT2D eigenvalue weighted by Crippen LogP contribution is -2.45. The number of aliphatic imine (C=N–C) groups is 1. The van der Waals surface area contributed by atoms with Crippen LogP contribution in [0.4, 0.5) is 0 Å². The maximum Gasteiger partial charge on any atom is 0.223 e. The maximum atomic E-state index is 12.2. The molecule has 1 unspecified atom stereocenters. The Morgan fingerprint density at radius 2 is 1.71 bits per heavy atom. The van der Waals surface area contributed by atoms with Crippen molar-refractivity contribution in [3.63, 3.8) is 0 Å². The number of likely N-dealkylation sites (tertiary alicyclic amines) is 1. The van der Waals surface area contributed by atoms with E-state index >= 15 is 0 Å². The fourth-order valence-corrected chi connectivity index (χ4v) is 4.88. The number of hydrogen-bond donors (Lipinski definition) is 3. The fourth-order valence-electron chi connectivity index (χ4n) is 4.88. The predicted molar refractivity (Wildman–Crippen MR) is 126 cm³/mol. The van der Waals surface area contributed by atoms with Gasteiger partial charge in [0.15, 0.2) is 5.96 Å². The third-order valence-corrected chi connectivity index (χ3v) is 6.40. The highest BCUT2D eigenvalue weighted by atomic mass is 127. The largest absolute Gasteiger partial charge is 0.357 e. The molecule has 3 rings (SSSR count). The summed E-state index contributed by atoms with van der Waals surface area (Å²) in [6, 6.07) is 1.30. The molecule has 28 heavy (non-hydrogen) atoms. The van der Waals surface area contributed by atoms with Crippen molar-refractivity contribution in [3.8, 4) is 0 Å². The lowest BCUT2D eigenvalue weighted by Gasteiger charge is -2.24. The molecule has 7 heteroatoms. The molecule has 1 atom stereocenters. The summed E-state index contributed by atoms with van der Waals surface area (Å²) in [5, 5.41) is 10.0. The topological polar surface area (TPSA) is 68.8 Å². The van der Waals surface area contributed by atoms with E-state index in [1.165, 1.54) is 57.9 Å². The van der Waals surface area contributed by atoms with Gasteiger partial charge in [0.25, 0.3) is 0 Å². The van der Waals surface area contributed by atoms with Gasteiger partial charge in [-0.1, -0.05) is 32.1 Å². The smallest absolute Gasteiger partial charge is 0.223 e. The van der Waals surface area contributed by atoms with Crippen molar-refractivity contribution in [2.24, 2.45) is 10.9 Å². The zero-order chi connectivity index (χ0) is 18.9. The third kappa shape index (κ3) is 7.35. The molecule has 0 spiro atoms. The van der Waals surface area contributed by atoms with E-state index in [2.05, 4.69) is 32.8 Å². The summed E-state index contributed by atoms with van der Waals surface area (Å²) in [6.45, 7) is 6.56. The molecule has 3 N–H and O–H groups in total. The first kappa shape index (κ1) is 23.7. The number of amides is 1. The standard InChI is InChI=1S/C21H39N5O.HI/c1-2-22-21(24-14-13-23-20(27)17-8-4-3-5-9-17)25-18-12-15-26(16-18)19-10-6-7-11-19;/h17-19H,2-16H2,1H3,(H,23,27)(H2,22,24,25);1H. The van der Waals surface area contributed by atoms with Crippen molar-refractivity contribution < 1.29 is 4.79 Å². The second kappa shape index (κ2) is 12.9. The molecule has 2 saturated carbocycles. The predicted octanol–water partition coefficient (Wildman–Crippen LogP) is 2.87. The van der Waals surface area contributed by atoms with Gasteiger partial charge in [-0.3, -0.25) is 14.7 Å². The number of hydrogen-bond acceptors (Lipinski definition) is 3. The van der Waals surface area contributed by atoms with Crippen molar-refractivity contribution in [2.45, 2.75) is 83.2 Å². The average molecular weight is 505 g/mol. The molecule has 1 amide bonds. The Morgan fingerprint density at radius 1 is 1.00 bits per heavy atom. The summed E-state index contributed by atoms with van der Waals surface area (Å²) in [4.78, 5) is 19.6. The summed E-state index contributed by atoms with van der Waals surface area (Å²) in [6.07, 6.45) is 12.5. The van der Waals surface area contributed by atoms with Gasteiger partial charge in [-0.25, -0.2) is 0 Å². The van der Waals surface area contributed by atoms with Crippen LogP contribution in [0.1, 0.15) is 71.1 Å². The van der Waals surface area contributed by atoms with Gasteiger partial charge >= 0.3 is 0 Å². The van der Waals surface area contributed by atoms with Crippen LogP contribution < -0.4 is 16.0 Å². The number of halogens is 1. The normalized spacial score (nSPS) is 24.8. The summed E-state index contributed by atoms with van der Waals surface area (Å²) in [7, 11) is 0. The number of nitrogens with one attached hydrogen (secondary N) is 3. The van der Waals surface area contributed by atoms with E-state index in [4.69, 9.17) is 0 Å². The molecular formula is C21H40IN5O. The summed E-state index contributed by atoms with van der Waals surface area (Å²) < 4.78 is 0. The molecule has 0 aromatic carbocycles. The first-order valence-corrected chi connectivity index (χ1v) is 11.3. The van der Waals surface area contributed by atoms with Gasteiger partial charge in [0.05, 0.1) is 6.54 Å². The van der Waals surface area contributed by atoms with Gasteiger partial charge in [-0.2, -0.15) is 0 Å². The number of nitrogens with zero attached hydrogens (tertiary/aromatic N) is 2. The van der Waals surface area contributed by atoms with E-state index in [1.54, 1.807) is 0 Å². The molecular weight excluding hydrogens is 465 g/mol. The van der Waals surface area contributed by atoms with Crippen LogP contribution >= 0.6 is 24.0 Å². The minimum atomic E-state index is 0. The number of carbonyl (C=O) groups excluding carboxylic acids is 1. The zero-order valence-corrected chi connectivity index (χ0v) is 19.9. The molecule has 0 bridgehead atoms. The van der Waals surface area contributed by atoms with E-state index in [0.29, 0.717) is 19.1 Å². The molecule has 0 radical (unpaired) electrons. The molecule has 1 aliphatic heterocycles. The molecule has 0 aromatic heterocycles. The minimum Gasteiger partial charge on any atom is -0.357 e. The van der Waals surface area contributed by atoms with Crippen LogP contribution in [-0.4, -0.2) is 61.6 Å². The monoisotopic (exact) mass is 505 g/mol. The molecule has 3 aliphatic rings. The molecule has 1 heterocycles. The van der Waals surface area contributed by atoms with E-state index in [-0.39, 0.29) is 35.8 Å². The van der Waals surface area contributed by atoms with Gasteiger partial charge in [0.1, 0.15) is 0 Å². The Balaban J connectivity index is 0.00000280. The van der Waals surface area contributed by atoms with Crippen LogP contribution in [0, 0.1) is 5.92 Å². The van der Waals surface area contributed by atoms with Crippen LogP contribution in [0.3, 0.4) is 0 Å². The SMILES string of the molecule is CCNC(=NCCNC(=O)C1CCCCC1)NC1CCN(C2CCCC2)C1.I. The first-order valence-electron chi connectivity index (χ1n) is 11.3. The van der Waals surface area contributed by atoms with Crippen molar-refractivity contribution in [2.75, 3.05) is 32.7 Å². The van der Waals surface area contributed by atoms with Gasteiger partial charge in [0, 0.05) is 44.2 Å². The van der Waals surface area contributed by atoms with Crippen molar-refractivity contribution in [1.29, 1.82) is 0 Å². The first-order chi connectivity index (χ1) is 13.3. The Bertz CT molecular complexity index is 489. The van der Waals surface area contributed by atoms with Gasteiger partial charge in [-0.15, -0.1) is 24.0 Å². The Labute approximate surface area is 188 Å². The van der Waals surface area contributed by atoms with Gasteiger partial charge < -0.3 is 16.0 Å². The van der Waals surface area contributed by atoms with E-state index in [0.717, 1.165) is 37.9 Å². The maximum absolute atomic E-state index is 12.2. The lowest BCUT2D eigenvalue weighted by atomic mass is 9.89. The van der Waals surface area contributed by atoms with Crippen LogP contribution in [0.5, 0.6) is 0 Å². The molecule has 3 fully saturated rings. The molecule has 6 nitrogen and oxygen atoms in total. The highest BCUT2D eigenvalue weighted by Gasteiger charge is 2.30. The quantitative estimate of drug-likeness (QED) is 0.216. The van der Waals surface area contributed by atoms with Crippen LogP contribution in [0.2, 0.25) is 0 Å². The number of guanidine groups is 1. The lowest BCUT2D eigenvalue weighted by molar-refractivity contribution is -0.125. The fraction of sp³-hybridized carbons (Fsp3) is 0.905. The van der Waals surface area contributed by atoms with Gasteiger partial charge in [-0.05, 0) is 39.0 Å². The summed E-state index contributed by atoms with van der Waals surface area (Å²) >= 11 is 0. The van der Waals surface area contributed by atoms with Crippen molar-refractivity contribution >= 4 is 35.8 Å². The van der Waals surface area contributed by atoms with E-state index < -0.39 is 0 Å². The average Bonchev–Trinajstić information content (AvgIpc) is 3.37. The Kier molecular flexibility index (Phi) is 10.9. The van der Waals surface area contributed by atoms with Gasteiger partial charge in [0.2, 0.25) is 5.91 Å². The van der Waals surface area contributed by atoms with E-state index in [9.17, 15) is 4.79 Å². The summed E-state index contributed by atoms with van der Waals surface area (Å²) in [5.41, 5.74) is 0. The third-order valence-electron chi connectivity index (χ3n) is 6.40. The molecule has 162 valence electrons. The summed E-state index contributed by atoms with van der Waals surface area (Å²) in [5.74, 6) is 1.35. The Morgan fingerprint density at radius 3 is 2.43 bits per heavy atom. The number of carbonyl (C=O) groups is 1. The molecule has 1 saturated heterocycles. The minimum absolute atomic E-state index is 0.